The fraction of sp³-hybridized carbons (Fsp3) is 0.410. The first-order chi connectivity index (χ1) is 27.8. The van der Waals surface area contributed by atoms with Crippen molar-refractivity contribution in [3.05, 3.63) is 58.3 Å². The molecule has 2 aromatic heterocycles. The van der Waals surface area contributed by atoms with Gasteiger partial charge in [-0.3, -0.25) is 38.4 Å². The molecule has 1 aromatic carbocycles. The minimum atomic E-state index is -1.42. The van der Waals surface area contributed by atoms with Gasteiger partial charge in [-0.2, -0.15) is 0 Å². The van der Waals surface area contributed by atoms with Crippen LogP contribution >= 0.6 is 22.7 Å². The summed E-state index contributed by atoms with van der Waals surface area (Å²) in [5.41, 5.74) is 1.71. The fourth-order valence-corrected chi connectivity index (χ4v) is 7.21. The number of amides is 7. The van der Waals surface area contributed by atoms with E-state index in [-0.39, 0.29) is 24.8 Å². The smallest absolute Gasteiger partial charge is 0.326 e. The summed E-state index contributed by atoms with van der Waals surface area (Å²) < 4.78 is 0. The summed E-state index contributed by atoms with van der Waals surface area (Å²) in [6.07, 6.45) is -0.858. The molecule has 0 spiro atoms. The normalized spacial score (nSPS) is 12.9. The van der Waals surface area contributed by atoms with Crippen molar-refractivity contribution in [3.8, 4) is 20.9 Å². The highest BCUT2D eigenvalue weighted by Gasteiger charge is 2.33. The molecule has 0 saturated carbocycles. The maximum Gasteiger partial charge on any atom is 0.326 e. The zero-order valence-corrected chi connectivity index (χ0v) is 34.9. The van der Waals surface area contributed by atoms with Gasteiger partial charge in [-0.05, 0) is 60.6 Å². The van der Waals surface area contributed by atoms with Crippen LogP contribution in [-0.4, -0.2) is 108 Å². The van der Waals surface area contributed by atoms with Crippen LogP contribution in [0.1, 0.15) is 66.8 Å². The number of nitrogens with one attached hydrogen (secondary N) is 7. The van der Waals surface area contributed by atoms with E-state index in [0.29, 0.717) is 9.75 Å². The molecular formula is C39H49N7O11S2. The van der Waals surface area contributed by atoms with Gasteiger partial charge in [0.15, 0.2) is 0 Å². The Morgan fingerprint density at radius 2 is 1.05 bits per heavy atom. The second-order valence-electron chi connectivity index (χ2n) is 14.0. The van der Waals surface area contributed by atoms with Crippen molar-refractivity contribution in [2.45, 2.75) is 71.6 Å². The van der Waals surface area contributed by atoms with Crippen molar-refractivity contribution < 1.29 is 53.4 Å². The van der Waals surface area contributed by atoms with Gasteiger partial charge in [0.1, 0.15) is 24.2 Å². The van der Waals surface area contributed by atoms with Crippen LogP contribution < -0.4 is 37.2 Å². The van der Waals surface area contributed by atoms with Crippen LogP contribution in [-0.2, 0) is 33.6 Å². The van der Waals surface area contributed by atoms with Crippen LogP contribution in [0.15, 0.2) is 48.5 Å². The predicted octanol–water partition coefficient (Wildman–Crippen LogP) is 1.57. The average molecular weight is 856 g/mol. The highest BCUT2D eigenvalue weighted by atomic mass is 32.1. The summed E-state index contributed by atoms with van der Waals surface area (Å²) in [5.74, 6) is -7.96. The van der Waals surface area contributed by atoms with Crippen LogP contribution in [0.4, 0.5) is 0 Å². The van der Waals surface area contributed by atoms with Gasteiger partial charge >= 0.3 is 11.9 Å². The third kappa shape index (κ3) is 14.3. The number of carbonyl (C=O) groups is 9. The second kappa shape index (κ2) is 22.1. The van der Waals surface area contributed by atoms with E-state index in [9.17, 15) is 48.3 Å². The zero-order chi connectivity index (χ0) is 44.0. The van der Waals surface area contributed by atoms with Crippen molar-refractivity contribution in [2.24, 2.45) is 11.8 Å². The number of carbonyl (C=O) groups excluding carboxylic acids is 7. The SMILES string of the molecule is CNC(=O)CNC(=O)c1ccc(-c2ccc(-c3ccc(C(=O)NCC(=O)N[C@@H](C)C(=O)N[C@H](C(=O)N[C@@H](CCC(=O)O)C(=O)N[C@H](C(=O)O)C(C)C)C(C)C)s3)cc2)s1. The van der Waals surface area contributed by atoms with Crippen LogP contribution in [0.3, 0.4) is 0 Å². The van der Waals surface area contributed by atoms with E-state index in [1.807, 2.05) is 30.3 Å². The molecule has 3 aromatic rings. The van der Waals surface area contributed by atoms with Crippen molar-refractivity contribution in [1.29, 1.82) is 0 Å². The number of aliphatic carboxylic acids is 2. The Kier molecular flexibility index (Phi) is 17.7. The molecule has 3 rings (SSSR count). The first kappa shape index (κ1) is 47.2. The lowest BCUT2D eigenvalue weighted by atomic mass is 10.0. The molecule has 0 aliphatic rings. The van der Waals surface area contributed by atoms with Gasteiger partial charge in [0.05, 0.1) is 22.8 Å². The van der Waals surface area contributed by atoms with Crippen molar-refractivity contribution in [3.63, 3.8) is 0 Å². The molecule has 59 heavy (non-hydrogen) atoms. The van der Waals surface area contributed by atoms with E-state index in [1.165, 1.54) is 36.6 Å². The van der Waals surface area contributed by atoms with Gasteiger partial charge in [0, 0.05) is 23.2 Å². The van der Waals surface area contributed by atoms with E-state index in [2.05, 4.69) is 37.2 Å². The number of likely N-dealkylation sites (N-methyl/N-ethyl adjacent to an activating group) is 1. The van der Waals surface area contributed by atoms with Crippen LogP contribution in [0.2, 0.25) is 0 Å². The molecule has 2 heterocycles. The number of hydrogen-bond donors (Lipinski definition) is 9. The second-order valence-corrected chi connectivity index (χ2v) is 16.2. The summed E-state index contributed by atoms with van der Waals surface area (Å²) in [4.78, 5) is 114. The lowest BCUT2D eigenvalue weighted by Gasteiger charge is -2.27. The van der Waals surface area contributed by atoms with E-state index in [1.54, 1.807) is 45.9 Å². The van der Waals surface area contributed by atoms with Crippen LogP contribution in [0.5, 0.6) is 0 Å². The topological polar surface area (TPSA) is 278 Å². The van der Waals surface area contributed by atoms with Gasteiger partial charge in [0.2, 0.25) is 29.5 Å². The maximum absolute atomic E-state index is 13.3. The first-order valence-corrected chi connectivity index (χ1v) is 20.2. The molecule has 318 valence electrons. The molecule has 9 N–H and O–H groups in total. The number of thiophene rings is 2. The Labute approximate surface area is 348 Å². The Hall–Kier alpha value is -6.15. The minimum absolute atomic E-state index is 0.126. The van der Waals surface area contributed by atoms with E-state index in [4.69, 9.17) is 5.11 Å². The number of benzene rings is 1. The molecule has 0 radical (unpaired) electrons. The molecule has 0 saturated heterocycles. The lowest BCUT2D eigenvalue weighted by molar-refractivity contribution is -0.144. The van der Waals surface area contributed by atoms with E-state index >= 15 is 0 Å². The quantitative estimate of drug-likeness (QED) is 0.0742. The molecule has 18 nitrogen and oxygen atoms in total. The fourth-order valence-electron chi connectivity index (χ4n) is 5.35. The summed E-state index contributed by atoms with van der Waals surface area (Å²) in [5, 5.41) is 35.9. The summed E-state index contributed by atoms with van der Waals surface area (Å²) in [6.45, 7) is 7.14. The number of rotatable bonds is 21. The van der Waals surface area contributed by atoms with Gasteiger partial charge in [-0.15, -0.1) is 22.7 Å². The Bertz CT molecular complexity index is 2030. The zero-order valence-electron chi connectivity index (χ0n) is 33.3. The molecule has 0 unspecified atom stereocenters. The largest absolute Gasteiger partial charge is 0.481 e. The number of hydrogen-bond acceptors (Lipinski definition) is 11. The third-order valence-corrected chi connectivity index (χ3v) is 11.0. The molecule has 20 heteroatoms. The highest BCUT2D eigenvalue weighted by Crippen LogP contribution is 2.32. The summed E-state index contributed by atoms with van der Waals surface area (Å²) >= 11 is 2.48. The summed E-state index contributed by atoms with van der Waals surface area (Å²) in [7, 11) is 1.48. The predicted molar refractivity (Wildman–Crippen MR) is 219 cm³/mol. The Morgan fingerprint density at radius 3 is 1.49 bits per heavy atom. The van der Waals surface area contributed by atoms with Crippen molar-refractivity contribution >= 4 is 76.0 Å². The number of carboxylic acids is 2. The monoisotopic (exact) mass is 855 g/mol. The van der Waals surface area contributed by atoms with Crippen LogP contribution in [0.25, 0.3) is 20.9 Å². The van der Waals surface area contributed by atoms with Gasteiger partial charge in [0.25, 0.3) is 11.8 Å². The standard InChI is InChI=1S/C39H49N7O11S2/c1-19(2)32(38(55)44-24(11-16-31(49)50)35(52)46-33(20(3)4)39(56)57)45-34(51)21(5)43-30(48)18-42-37(54)28-15-13-26(59-28)23-9-7-22(8-10-23)25-12-14-27(58-25)36(53)41-17-29(47)40-6/h7-10,12-15,19-21,24,32-33H,11,16-18H2,1-6H3,(H,40,47)(H,41,53)(H,42,54)(H,43,48)(H,44,55)(H,45,51)(H,46,52)(H,49,50)(H,56,57)/t21-,24-,32-,33-/m0/s1. The summed E-state index contributed by atoms with van der Waals surface area (Å²) in [6, 6.07) is 9.29. The molecule has 7 amide bonds. The minimum Gasteiger partial charge on any atom is -0.481 e. The van der Waals surface area contributed by atoms with Gasteiger partial charge in [-0.1, -0.05) is 52.0 Å². The average Bonchev–Trinajstić information content (AvgIpc) is 3.89. The van der Waals surface area contributed by atoms with Gasteiger partial charge < -0.3 is 47.4 Å². The molecular weight excluding hydrogens is 807 g/mol. The molecule has 0 fully saturated rings. The molecule has 0 bridgehead atoms. The Balaban J connectivity index is 1.54. The highest BCUT2D eigenvalue weighted by molar-refractivity contribution is 7.17. The number of carboxylic acid groups (broad SMARTS) is 2. The molecule has 4 atom stereocenters. The lowest BCUT2D eigenvalue weighted by Crippen LogP contribution is -2.59. The van der Waals surface area contributed by atoms with Crippen LogP contribution in [0, 0.1) is 11.8 Å². The Morgan fingerprint density at radius 1 is 0.576 bits per heavy atom. The van der Waals surface area contributed by atoms with Gasteiger partial charge in [-0.25, -0.2) is 4.79 Å². The first-order valence-electron chi connectivity index (χ1n) is 18.5. The third-order valence-electron chi connectivity index (χ3n) is 8.74. The van der Waals surface area contributed by atoms with E-state index < -0.39 is 90.4 Å². The van der Waals surface area contributed by atoms with Crippen molar-refractivity contribution in [2.75, 3.05) is 20.1 Å². The maximum atomic E-state index is 13.3. The molecule has 0 aliphatic heterocycles. The van der Waals surface area contributed by atoms with E-state index in [0.717, 1.165) is 20.9 Å². The van der Waals surface area contributed by atoms with Crippen molar-refractivity contribution in [1.82, 2.24) is 37.2 Å². The molecule has 0 aliphatic carbocycles.